The van der Waals surface area contributed by atoms with Crippen molar-refractivity contribution >= 4 is 27.9 Å². The third-order valence-electron chi connectivity index (χ3n) is 10.1. The van der Waals surface area contributed by atoms with Gasteiger partial charge in [0.1, 0.15) is 12.7 Å². The van der Waals surface area contributed by atoms with Gasteiger partial charge in [-0.1, -0.05) is 42.5 Å². The number of aryl methyl sites for hydroxylation is 1. The number of benzene rings is 2. The van der Waals surface area contributed by atoms with Gasteiger partial charge in [-0.05, 0) is 48.1 Å². The van der Waals surface area contributed by atoms with Crippen LogP contribution in [0.4, 0.5) is 4.79 Å². The highest BCUT2D eigenvalue weighted by atomic mass is 16.6. The average Bonchev–Trinajstić information content (AvgIpc) is 3.36. The Morgan fingerprint density at radius 3 is 2.35 bits per heavy atom. The molecule has 0 spiro atoms. The van der Waals surface area contributed by atoms with Crippen LogP contribution in [0, 0.1) is 5.92 Å². The number of aromatic nitrogens is 3. The molecule has 0 atom stereocenters. The molecule has 49 heavy (non-hydrogen) atoms. The lowest BCUT2D eigenvalue weighted by Crippen LogP contribution is -2.55. The summed E-state index contributed by atoms with van der Waals surface area (Å²) < 4.78 is 31.7. The third-order valence-corrected chi connectivity index (χ3v) is 10.1. The molecule has 3 fully saturated rings. The van der Waals surface area contributed by atoms with Gasteiger partial charge >= 0.3 is 6.09 Å². The van der Waals surface area contributed by atoms with E-state index in [2.05, 4.69) is 51.9 Å². The summed E-state index contributed by atoms with van der Waals surface area (Å²) in [6.07, 6.45) is 9.92. The Morgan fingerprint density at radius 2 is 1.55 bits per heavy atom. The fraction of sp³-hybridized carbons (Fsp3) is 0.410. The number of fused-ring (bicyclic) bond motifs is 3. The summed E-state index contributed by atoms with van der Waals surface area (Å²) in [5, 5.41) is 2.37. The average molecular weight is 663 g/mol. The molecule has 0 unspecified atom stereocenters. The minimum absolute atomic E-state index is 0.0518. The van der Waals surface area contributed by atoms with Gasteiger partial charge in [-0.15, -0.1) is 0 Å². The number of rotatable bonds is 13. The monoisotopic (exact) mass is 662 g/mol. The summed E-state index contributed by atoms with van der Waals surface area (Å²) in [6.45, 7) is 3.30. The summed E-state index contributed by atoms with van der Waals surface area (Å²) in [7, 11) is 2.09. The Balaban J connectivity index is 0.672. The Hall–Kier alpha value is -4.51. The molecule has 2 saturated carbocycles. The minimum atomic E-state index is -0.291. The second-order valence-electron chi connectivity index (χ2n) is 13.5. The first-order valence-electron chi connectivity index (χ1n) is 17.3. The van der Waals surface area contributed by atoms with Gasteiger partial charge in [-0.2, -0.15) is 0 Å². The molecule has 1 saturated heterocycles. The van der Waals surface area contributed by atoms with Crippen LogP contribution in [-0.4, -0.2) is 82.9 Å². The summed E-state index contributed by atoms with van der Waals surface area (Å²) in [5.74, 6) is 1.20. The molecule has 4 heterocycles. The number of amides is 1. The number of likely N-dealkylation sites (tertiary alicyclic amines) is 1. The number of hydrogen-bond acceptors (Lipinski definition) is 8. The van der Waals surface area contributed by atoms with E-state index in [4.69, 9.17) is 23.7 Å². The van der Waals surface area contributed by atoms with Gasteiger partial charge in [0.2, 0.25) is 5.88 Å². The molecule has 10 nitrogen and oxygen atoms in total. The van der Waals surface area contributed by atoms with Crippen molar-refractivity contribution in [3.05, 3.63) is 90.9 Å². The van der Waals surface area contributed by atoms with Crippen LogP contribution in [-0.2, 0) is 32.6 Å². The van der Waals surface area contributed by atoms with Gasteiger partial charge in [0.15, 0.2) is 0 Å². The molecular formula is C39H42N4O6. The van der Waals surface area contributed by atoms with E-state index in [1.165, 1.54) is 21.8 Å². The Kier molecular flexibility index (Phi) is 9.17. The maximum atomic E-state index is 12.2. The lowest BCUT2D eigenvalue weighted by molar-refractivity contribution is -0.117. The number of pyridine rings is 2. The van der Waals surface area contributed by atoms with Crippen molar-refractivity contribution in [2.24, 2.45) is 13.0 Å². The lowest BCUT2D eigenvalue weighted by atomic mass is 9.82. The number of carbonyl (C=O) groups is 1. The predicted octanol–water partition coefficient (Wildman–Crippen LogP) is 6.55. The quantitative estimate of drug-likeness (QED) is 0.131. The second-order valence-corrected chi connectivity index (χ2v) is 13.5. The van der Waals surface area contributed by atoms with Crippen LogP contribution in [0.2, 0.25) is 0 Å². The normalized spacial score (nSPS) is 22.0. The molecular weight excluding hydrogens is 620 g/mol. The van der Waals surface area contributed by atoms with Crippen molar-refractivity contribution < 1.29 is 28.5 Å². The molecule has 10 heteroatoms. The number of hydrogen-bond donors (Lipinski definition) is 0. The van der Waals surface area contributed by atoms with Crippen molar-refractivity contribution in [1.29, 1.82) is 0 Å². The molecule has 2 aliphatic carbocycles. The SMILES string of the molecule is Cn1c2ccncc2c2ccc(-c3ccc(OC4CC(OCC5CC(OCCOC6CN(C(=O)OCc7ccccc7)C6)C5)C4)nc3)cc21. The third kappa shape index (κ3) is 7.13. The highest BCUT2D eigenvalue weighted by molar-refractivity contribution is 6.08. The fourth-order valence-corrected chi connectivity index (χ4v) is 6.93. The maximum absolute atomic E-state index is 12.2. The first-order valence-corrected chi connectivity index (χ1v) is 17.3. The van der Waals surface area contributed by atoms with Crippen molar-refractivity contribution in [2.45, 2.75) is 56.7 Å². The summed E-state index contributed by atoms with van der Waals surface area (Å²) in [4.78, 5) is 22.7. The summed E-state index contributed by atoms with van der Waals surface area (Å²) >= 11 is 0. The van der Waals surface area contributed by atoms with E-state index in [0.29, 0.717) is 38.1 Å². The smallest absolute Gasteiger partial charge is 0.410 e. The van der Waals surface area contributed by atoms with Crippen LogP contribution in [0.15, 0.2) is 85.3 Å². The Morgan fingerprint density at radius 1 is 0.776 bits per heavy atom. The van der Waals surface area contributed by atoms with E-state index >= 15 is 0 Å². The molecule has 3 aromatic heterocycles. The summed E-state index contributed by atoms with van der Waals surface area (Å²) in [5.41, 5.74) is 5.52. The summed E-state index contributed by atoms with van der Waals surface area (Å²) in [6, 6.07) is 22.3. The molecule has 8 rings (SSSR count). The molecule has 1 amide bonds. The van der Waals surface area contributed by atoms with Crippen molar-refractivity contribution in [1.82, 2.24) is 19.4 Å². The first-order chi connectivity index (χ1) is 24.1. The van der Waals surface area contributed by atoms with Gasteiger partial charge < -0.3 is 33.2 Å². The van der Waals surface area contributed by atoms with Crippen LogP contribution in [0.3, 0.4) is 0 Å². The molecule has 0 N–H and O–H groups in total. The zero-order valence-corrected chi connectivity index (χ0v) is 27.8. The second kappa shape index (κ2) is 14.2. The lowest BCUT2D eigenvalue weighted by Gasteiger charge is -2.39. The van der Waals surface area contributed by atoms with Crippen molar-refractivity contribution in [3.8, 4) is 17.0 Å². The minimum Gasteiger partial charge on any atom is -0.474 e. The van der Waals surface area contributed by atoms with Gasteiger partial charge in [0, 0.05) is 73.0 Å². The van der Waals surface area contributed by atoms with Crippen LogP contribution in [0.5, 0.6) is 5.88 Å². The molecule has 254 valence electrons. The highest BCUT2D eigenvalue weighted by Gasteiger charge is 2.36. The van der Waals surface area contributed by atoms with Gasteiger partial charge in [-0.3, -0.25) is 4.98 Å². The molecule has 3 aliphatic rings. The molecule has 1 aliphatic heterocycles. The van der Waals surface area contributed by atoms with E-state index in [1.807, 2.05) is 55.0 Å². The van der Waals surface area contributed by atoms with Crippen LogP contribution in [0.1, 0.15) is 31.2 Å². The molecule has 5 aromatic rings. The van der Waals surface area contributed by atoms with E-state index in [-0.39, 0.29) is 37.1 Å². The number of ether oxygens (including phenoxy) is 5. The number of nitrogens with zero attached hydrogens (tertiary/aromatic N) is 4. The maximum Gasteiger partial charge on any atom is 0.410 e. The van der Waals surface area contributed by atoms with E-state index < -0.39 is 0 Å². The van der Waals surface area contributed by atoms with Gasteiger partial charge in [-0.25, -0.2) is 9.78 Å². The van der Waals surface area contributed by atoms with Gasteiger partial charge in [0.25, 0.3) is 0 Å². The van der Waals surface area contributed by atoms with Gasteiger partial charge in [0.05, 0.1) is 50.1 Å². The largest absolute Gasteiger partial charge is 0.474 e. The zero-order valence-electron chi connectivity index (χ0n) is 27.8. The van der Waals surface area contributed by atoms with Crippen molar-refractivity contribution in [3.63, 3.8) is 0 Å². The molecule has 0 bridgehead atoms. The van der Waals surface area contributed by atoms with E-state index in [9.17, 15) is 4.79 Å². The highest BCUT2D eigenvalue weighted by Crippen LogP contribution is 2.35. The van der Waals surface area contributed by atoms with Crippen LogP contribution < -0.4 is 4.74 Å². The van der Waals surface area contributed by atoms with Crippen molar-refractivity contribution in [2.75, 3.05) is 32.9 Å². The van der Waals surface area contributed by atoms with E-state index in [0.717, 1.165) is 49.0 Å². The number of carbonyl (C=O) groups excluding carboxylic acids is 1. The standard InChI is InChI=1S/C39H42N4O6/c1-42-36-11-12-40-21-35(36)34-9-7-28(17-37(34)42)29-8-10-38(41-20-29)49-32-18-31(19-32)47-25-27-15-30(16-27)45-13-14-46-33-22-43(23-33)39(44)48-24-26-5-3-2-4-6-26/h2-12,17,20-21,27,30-33H,13-16,18-19,22-25H2,1H3. The molecule has 0 radical (unpaired) electrons. The zero-order chi connectivity index (χ0) is 33.2. The molecule has 2 aromatic carbocycles. The first kappa shape index (κ1) is 31.7. The van der Waals surface area contributed by atoms with Crippen LogP contribution in [0.25, 0.3) is 32.9 Å². The predicted molar refractivity (Wildman–Crippen MR) is 185 cm³/mol. The Labute approximate surface area is 285 Å². The van der Waals surface area contributed by atoms with Crippen LogP contribution >= 0.6 is 0 Å². The fourth-order valence-electron chi connectivity index (χ4n) is 6.93. The van der Waals surface area contributed by atoms with E-state index in [1.54, 1.807) is 4.90 Å². The Bertz CT molecular complexity index is 1880. The topological polar surface area (TPSA) is 97.2 Å².